The molecular formula is C35H40FN5O7S. The predicted octanol–water partition coefficient (Wildman–Crippen LogP) is 5.93. The zero-order chi connectivity index (χ0) is 35.5. The van der Waals surface area contributed by atoms with Crippen molar-refractivity contribution in [2.75, 3.05) is 37.7 Å². The highest BCUT2D eigenvalue weighted by Crippen LogP contribution is 2.42. The van der Waals surface area contributed by atoms with Crippen molar-refractivity contribution >= 4 is 44.0 Å². The summed E-state index contributed by atoms with van der Waals surface area (Å²) in [6.07, 6.45) is 3.52. The number of nitrogens with two attached hydrogens (primary N) is 1. The second-order valence-electron chi connectivity index (χ2n) is 11.8. The third kappa shape index (κ3) is 7.10. The fraction of sp³-hybridized carbons (Fsp3) is 0.343. The first-order valence-electron chi connectivity index (χ1n) is 15.8. The maximum Gasteiger partial charge on any atom is 0.411 e. The Morgan fingerprint density at radius 3 is 2.55 bits per heavy atom. The molecule has 3 aromatic carbocycles. The van der Waals surface area contributed by atoms with Gasteiger partial charge in [-0.1, -0.05) is 6.07 Å². The Kier molecular flexibility index (Phi) is 10.6. The van der Waals surface area contributed by atoms with Crippen molar-refractivity contribution in [3.05, 3.63) is 83.9 Å². The Balaban J connectivity index is 1.66. The number of aromatic nitrogens is 1. The zero-order valence-electron chi connectivity index (χ0n) is 28.0. The molecule has 49 heavy (non-hydrogen) atoms. The quantitative estimate of drug-likeness (QED) is 0.143. The van der Waals surface area contributed by atoms with E-state index in [1.54, 1.807) is 57.4 Å². The van der Waals surface area contributed by atoms with E-state index in [4.69, 9.17) is 20.1 Å². The first kappa shape index (κ1) is 35.4. The molecular weight excluding hydrogens is 653 g/mol. The largest absolute Gasteiger partial charge is 0.493 e. The van der Waals surface area contributed by atoms with E-state index in [0.717, 1.165) is 16.8 Å². The van der Waals surface area contributed by atoms with Crippen LogP contribution in [0.5, 0.6) is 11.5 Å². The van der Waals surface area contributed by atoms with Gasteiger partial charge >= 0.3 is 6.09 Å². The summed E-state index contributed by atoms with van der Waals surface area (Å²) in [6, 6.07) is 11.9. The Hall–Kier alpha value is -4.95. The lowest BCUT2D eigenvalue weighted by Crippen LogP contribution is -2.46. The van der Waals surface area contributed by atoms with Crippen LogP contribution in [0.15, 0.2) is 71.9 Å². The molecule has 5 rings (SSSR count). The average Bonchev–Trinajstić information content (AvgIpc) is 3.59. The molecule has 260 valence electrons. The summed E-state index contributed by atoms with van der Waals surface area (Å²) in [5.74, 6) is 5.84. The minimum Gasteiger partial charge on any atom is -0.493 e. The number of hydrogen-bond donors (Lipinski definition) is 2. The second kappa shape index (κ2) is 14.7. The number of benzene rings is 3. The molecule has 2 heterocycles. The lowest BCUT2D eigenvalue weighted by Gasteiger charge is -2.35. The van der Waals surface area contributed by atoms with Crippen molar-refractivity contribution in [2.45, 2.75) is 55.8 Å². The van der Waals surface area contributed by atoms with Crippen LogP contribution in [-0.2, 0) is 19.4 Å². The second-order valence-corrected chi connectivity index (χ2v) is 14.3. The summed E-state index contributed by atoms with van der Waals surface area (Å²) in [5, 5.41) is 4.67. The van der Waals surface area contributed by atoms with Gasteiger partial charge in [0.1, 0.15) is 5.82 Å². The SMILES string of the molecule is CCOc1cc([C@H](C(=O)N2CCC[C@@H]2c2cc(NC(=O)OC)ccc2S(=O)(=O)C(C)C)N(N)c2ccc3cnccc3c2)c(F)cc1OC. The number of amides is 2. The van der Waals surface area contributed by atoms with Gasteiger partial charge in [0.2, 0.25) is 0 Å². The number of methoxy groups -OCH3 is 2. The van der Waals surface area contributed by atoms with Gasteiger partial charge in [-0.3, -0.25) is 20.1 Å². The van der Waals surface area contributed by atoms with Crippen LogP contribution >= 0.6 is 0 Å². The standard InChI is InChI=1S/C35H40FN5O7S/c1-6-48-31-18-26(28(36)19-30(31)46-4)33(41(37)25-11-9-23-20-38-14-13-22(23)16-25)34(42)40-15-7-8-29(40)27-17-24(39-35(43)47-5)10-12-32(27)49(44,45)21(2)3/h9-14,16-21,29,33H,6-8,15,37H2,1-5H3,(H,39,43)/t29-,33-/m1/s1. The number of rotatable bonds is 11. The number of sulfone groups is 1. The van der Waals surface area contributed by atoms with Crippen molar-refractivity contribution in [3.8, 4) is 11.5 Å². The molecule has 12 nitrogen and oxygen atoms in total. The minimum atomic E-state index is -3.84. The summed E-state index contributed by atoms with van der Waals surface area (Å²) < 4.78 is 59.1. The summed E-state index contributed by atoms with van der Waals surface area (Å²) in [5.41, 5.74) is 0.968. The van der Waals surface area contributed by atoms with Gasteiger partial charge < -0.3 is 19.1 Å². The van der Waals surface area contributed by atoms with Crippen molar-refractivity contribution in [1.82, 2.24) is 9.88 Å². The number of pyridine rings is 1. The molecule has 2 amide bonds. The molecule has 0 saturated carbocycles. The number of ether oxygens (including phenoxy) is 3. The molecule has 0 spiro atoms. The van der Waals surface area contributed by atoms with Crippen LogP contribution < -0.4 is 25.6 Å². The summed E-state index contributed by atoms with van der Waals surface area (Å²) in [6.45, 7) is 5.40. The number of carbonyl (C=O) groups is 2. The smallest absolute Gasteiger partial charge is 0.411 e. The molecule has 0 radical (unpaired) electrons. The summed E-state index contributed by atoms with van der Waals surface area (Å²) in [4.78, 5) is 32.7. The van der Waals surface area contributed by atoms with Gasteiger partial charge in [-0.25, -0.2) is 23.4 Å². The highest BCUT2D eigenvalue weighted by atomic mass is 32.2. The van der Waals surface area contributed by atoms with Crippen LogP contribution in [0.25, 0.3) is 10.8 Å². The Morgan fingerprint density at radius 1 is 1.08 bits per heavy atom. The van der Waals surface area contributed by atoms with Crippen LogP contribution in [0.3, 0.4) is 0 Å². The van der Waals surface area contributed by atoms with E-state index in [-0.39, 0.29) is 40.8 Å². The summed E-state index contributed by atoms with van der Waals surface area (Å²) >= 11 is 0. The normalized spacial score (nSPS) is 15.3. The summed E-state index contributed by atoms with van der Waals surface area (Å²) in [7, 11) is -1.23. The first-order valence-corrected chi connectivity index (χ1v) is 17.4. The lowest BCUT2D eigenvalue weighted by molar-refractivity contribution is -0.134. The number of fused-ring (bicyclic) bond motifs is 1. The van der Waals surface area contributed by atoms with E-state index >= 15 is 4.39 Å². The van der Waals surface area contributed by atoms with E-state index < -0.39 is 45.0 Å². The van der Waals surface area contributed by atoms with Crippen LogP contribution in [0.4, 0.5) is 20.6 Å². The van der Waals surface area contributed by atoms with Crippen molar-refractivity contribution in [1.29, 1.82) is 0 Å². The van der Waals surface area contributed by atoms with Crippen LogP contribution in [0, 0.1) is 5.82 Å². The number of hydrazine groups is 1. The lowest BCUT2D eigenvalue weighted by atomic mass is 9.99. The molecule has 0 aliphatic carbocycles. The van der Waals surface area contributed by atoms with Gasteiger partial charge in [-0.2, -0.15) is 0 Å². The van der Waals surface area contributed by atoms with Crippen molar-refractivity contribution < 1.29 is 36.6 Å². The number of hydrogen-bond acceptors (Lipinski definition) is 10. The van der Waals surface area contributed by atoms with E-state index in [1.165, 1.54) is 48.4 Å². The third-order valence-corrected chi connectivity index (χ3v) is 10.8. The number of halogens is 1. The van der Waals surface area contributed by atoms with Gasteiger partial charge in [0.15, 0.2) is 27.4 Å². The van der Waals surface area contributed by atoms with Gasteiger partial charge in [-0.15, -0.1) is 0 Å². The molecule has 1 aromatic heterocycles. The minimum absolute atomic E-state index is 0.0289. The van der Waals surface area contributed by atoms with E-state index in [9.17, 15) is 18.0 Å². The molecule has 1 aliphatic rings. The molecule has 14 heteroatoms. The van der Waals surface area contributed by atoms with E-state index in [1.807, 2.05) is 0 Å². The topological polar surface area (TPSA) is 153 Å². The monoisotopic (exact) mass is 693 g/mol. The van der Waals surface area contributed by atoms with Crippen LogP contribution in [0.2, 0.25) is 0 Å². The van der Waals surface area contributed by atoms with Gasteiger partial charge in [0.05, 0.1) is 42.7 Å². The molecule has 3 N–H and O–H groups in total. The number of nitrogens with one attached hydrogen (secondary N) is 1. The highest BCUT2D eigenvalue weighted by Gasteiger charge is 2.41. The van der Waals surface area contributed by atoms with E-state index in [0.29, 0.717) is 24.1 Å². The molecule has 1 saturated heterocycles. The fourth-order valence-electron chi connectivity index (χ4n) is 6.05. The fourth-order valence-corrected chi connectivity index (χ4v) is 7.34. The number of carbonyl (C=O) groups excluding carboxylic acids is 2. The van der Waals surface area contributed by atoms with Gasteiger partial charge in [0, 0.05) is 41.6 Å². The first-order chi connectivity index (χ1) is 23.4. The Bertz CT molecular complexity index is 1970. The molecule has 1 fully saturated rings. The maximum atomic E-state index is 16.1. The predicted molar refractivity (Wildman–Crippen MR) is 184 cm³/mol. The molecule has 2 atom stereocenters. The zero-order valence-corrected chi connectivity index (χ0v) is 28.8. The van der Waals surface area contributed by atoms with Gasteiger partial charge in [-0.05, 0) is 87.0 Å². The van der Waals surface area contributed by atoms with E-state index in [2.05, 4.69) is 10.3 Å². The van der Waals surface area contributed by atoms with Gasteiger partial charge in [0.25, 0.3) is 5.91 Å². The van der Waals surface area contributed by atoms with Crippen LogP contribution in [0.1, 0.15) is 56.8 Å². The highest BCUT2D eigenvalue weighted by molar-refractivity contribution is 7.92. The third-order valence-electron chi connectivity index (χ3n) is 8.58. The van der Waals surface area contributed by atoms with Crippen LogP contribution in [-0.4, -0.2) is 62.9 Å². The molecule has 4 aromatic rings. The Labute approximate surface area is 284 Å². The molecule has 0 bridgehead atoms. The average molecular weight is 694 g/mol. The number of nitrogens with zero attached hydrogens (tertiary/aromatic N) is 3. The molecule has 1 aliphatic heterocycles. The van der Waals surface area contributed by atoms with Crippen molar-refractivity contribution in [3.63, 3.8) is 0 Å². The number of likely N-dealkylation sites (tertiary alicyclic amines) is 1. The molecule has 0 unspecified atom stereocenters. The Morgan fingerprint density at radius 2 is 1.86 bits per heavy atom. The maximum absolute atomic E-state index is 16.1. The van der Waals surface area contributed by atoms with Crippen molar-refractivity contribution in [2.24, 2.45) is 5.84 Å². The number of anilines is 2.